The Morgan fingerprint density at radius 1 is 1.22 bits per heavy atom. The molecule has 0 radical (unpaired) electrons. The number of aliphatic imine (C=N–C) groups is 1. The minimum atomic E-state index is 0. The molecule has 8 heteroatoms. The summed E-state index contributed by atoms with van der Waals surface area (Å²) in [4.78, 5) is 18.6. The maximum Gasteiger partial charge on any atom is 0.224 e. The van der Waals surface area contributed by atoms with Gasteiger partial charge in [0.1, 0.15) is 0 Å². The van der Waals surface area contributed by atoms with Crippen molar-refractivity contribution in [1.82, 2.24) is 10.2 Å². The Morgan fingerprint density at radius 2 is 1.96 bits per heavy atom. The Morgan fingerprint density at radius 3 is 2.59 bits per heavy atom. The number of methoxy groups -OCH3 is 1. The minimum Gasteiger partial charge on any atom is -0.493 e. The first kappa shape index (κ1) is 23.3. The zero-order valence-electron chi connectivity index (χ0n) is 16.4. The van der Waals surface area contributed by atoms with Crippen molar-refractivity contribution in [1.29, 1.82) is 0 Å². The minimum absolute atomic E-state index is 0. The van der Waals surface area contributed by atoms with Crippen molar-refractivity contribution in [3.63, 3.8) is 0 Å². The van der Waals surface area contributed by atoms with Crippen LogP contribution in [0.25, 0.3) is 0 Å². The van der Waals surface area contributed by atoms with E-state index in [0.29, 0.717) is 37.0 Å². The van der Waals surface area contributed by atoms with Crippen molar-refractivity contribution in [2.45, 2.75) is 33.1 Å². The van der Waals surface area contributed by atoms with Gasteiger partial charge in [-0.1, -0.05) is 0 Å². The molecule has 2 N–H and O–H groups in total. The zero-order valence-corrected chi connectivity index (χ0v) is 18.7. The molecule has 1 saturated heterocycles. The van der Waals surface area contributed by atoms with Gasteiger partial charge in [-0.3, -0.25) is 9.79 Å². The van der Waals surface area contributed by atoms with Crippen molar-refractivity contribution >= 4 is 41.5 Å². The Hall–Kier alpha value is -1.71. The van der Waals surface area contributed by atoms with E-state index in [1.54, 1.807) is 7.11 Å². The van der Waals surface area contributed by atoms with Crippen LogP contribution in [-0.4, -0.2) is 56.7 Å². The fraction of sp³-hybridized carbons (Fsp3) is 0.579. The number of halogens is 1. The Balaban J connectivity index is 0.00000364. The van der Waals surface area contributed by atoms with Crippen LogP contribution in [0.2, 0.25) is 0 Å². The van der Waals surface area contributed by atoms with E-state index in [1.807, 2.05) is 36.9 Å². The maximum absolute atomic E-state index is 12.1. The summed E-state index contributed by atoms with van der Waals surface area (Å²) in [6.07, 6.45) is 2.65. The monoisotopic (exact) mass is 490 g/mol. The highest BCUT2D eigenvalue weighted by Crippen LogP contribution is 2.30. The number of anilines is 1. The van der Waals surface area contributed by atoms with E-state index in [1.165, 1.54) is 0 Å². The van der Waals surface area contributed by atoms with Gasteiger partial charge in [0.15, 0.2) is 17.5 Å². The number of hydrogen-bond donors (Lipinski definition) is 2. The molecular weight excluding hydrogens is 459 g/mol. The van der Waals surface area contributed by atoms with Crippen LogP contribution in [0, 0.1) is 0 Å². The molecule has 1 aromatic carbocycles. The SMILES string of the molecule is CCNC(=NCCC(=O)N1CCCC1)Nc1ccc(OC)c(OCC)c1.I. The quantitative estimate of drug-likeness (QED) is 0.333. The van der Waals surface area contributed by atoms with Crippen LogP contribution in [0.4, 0.5) is 5.69 Å². The summed E-state index contributed by atoms with van der Waals surface area (Å²) in [6, 6.07) is 5.64. The molecule has 1 aliphatic rings. The summed E-state index contributed by atoms with van der Waals surface area (Å²) in [6.45, 7) is 7.46. The standard InChI is InChI=1S/C19H30N4O3.HI/c1-4-20-19(21-11-10-18(24)23-12-6-7-13-23)22-15-8-9-16(25-3)17(14-15)26-5-2;/h8-9,14H,4-7,10-13H2,1-3H3,(H2,20,21,22);1H. The van der Waals surface area contributed by atoms with Crippen molar-refractivity contribution in [2.75, 3.05) is 45.2 Å². The fourth-order valence-corrected chi connectivity index (χ4v) is 2.85. The van der Waals surface area contributed by atoms with Crippen LogP contribution >= 0.6 is 24.0 Å². The molecule has 0 unspecified atom stereocenters. The van der Waals surface area contributed by atoms with Gasteiger partial charge in [0, 0.05) is 37.8 Å². The highest BCUT2D eigenvalue weighted by atomic mass is 127. The lowest BCUT2D eigenvalue weighted by atomic mass is 10.2. The molecule has 7 nitrogen and oxygen atoms in total. The van der Waals surface area contributed by atoms with Gasteiger partial charge in [0.2, 0.25) is 5.91 Å². The summed E-state index contributed by atoms with van der Waals surface area (Å²) in [5.41, 5.74) is 0.847. The number of nitrogens with one attached hydrogen (secondary N) is 2. The van der Waals surface area contributed by atoms with Gasteiger partial charge < -0.3 is 25.0 Å². The Labute approximate surface area is 178 Å². The third kappa shape index (κ3) is 7.43. The predicted octanol–water partition coefficient (Wildman–Crippen LogP) is 3.10. The Bertz CT molecular complexity index is 619. The molecule has 1 amide bonds. The molecule has 0 saturated carbocycles. The van der Waals surface area contributed by atoms with Crippen molar-refractivity contribution in [3.05, 3.63) is 18.2 Å². The van der Waals surface area contributed by atoms with Crippen molar-refractivity contribution < 1.29 is 14.3 Å². The number of benzene rings is 1. The average Bonchev–Trinajstić information content (AvgIpc) is 3.17. The molecule has 1 fully saturated rings. The van der Waals surface area contributed by atoms with Crippen LogP contribution in [0.1, 0.15) is 33.1 Å². The van der Waals surface area contributed by atoms with Crippen LogP contribution in [0.15, 0.2) is 23.2 Å². The lowest BCUT2D eigenvalue weighted by Gasteiger charge is -2.16. The lowest BCUT2D eigenvalue weighted by Crippen LogP contribution is -2.32. The molecule has 0 aliphatic carbocycles. The first-order valence-electron chi connectivity index (χ1n) is 9.31. The lowest BCUT2D eigenvalue weighted by molar-refractivity contribution is -0.129. The second-order valence-corrected chi connectivity index (χ2v) is 6.02. The number of likely N-dealkylation sites (tertiary alicyclic amines) is 1. The second-order valence-electron chi connectivity index (χ2n) is 6.02. The number of rotatable bonds is 8. The number of guanidine groups is 1. The van der Waals surface area contributed by atoms with E-state index in [4.69, 9.17) is 9.47 Å². The van der Waals surface area contributed by atoms with Crippen LogP contribution in [0.5, 0.6) is 11.5 Å². The van der Waals surface area contributed by atoms with E-state index >= 15 is 0 Å². The highest BCUT2D eigenvalue weighted by Gasteiger charge is 2.17. The van der Waals surface area contributed by atoms with Crippen LogP contribution in [-0.2, 0) is 4.79 Å². The van der Waals surface area contributed by atoms with Gasteiger partial charge in [0.05, 0.1) is 20.3 Å². The number of carbonyl (C=O) groups excluding carboxylic acids is 1. The maximum atomic E-state index is 12.1. The average molecular weight is 490 g/mol. The smallest absolute Gasteiger partial charge is 0.224 e. The Kier molecular flexibility index (Phi) is 10.9. The first-order valence-corrected chi connectivity index (χ1v) is 9.31. The van der Waals surface area contributed by atoms with Gasteiger partial charge in [-0.05, 0) is 38.8 Å². The summed E-state index contributed by atoms with van der Waals surface area (Å²) < 4.78 is 10.9. The molecule has 1 heterocycles. The molecule has 0 atom stereocenters. The molecule has 152 valence electrons. The number of carbonyl (C=O) groups is 1. The molecule has 1 aliphatic heterocycles. The van der Waals surface area contributed by atoms with E-state index in [0.717, 1.165) is 38.2 Å². The number of ether oxygens (including phenoxy) is 2. The molecule has 0 bridgehead atoms. The van der Waals surface area contributed by atoms with Gasteiger partial charge in [0.25, 0.3) is 0 Å². The third-order valence-corrected chi connectivity index (χ3v) is 4.12. The summed E-state index contributed by atoms with van der Waals surface area (Å²) in [5.74, 6) is 2.20. The topological polar surface area (TPSA) is 75.2 Å². The second kappa shape index (κ2) is 12.6. The molecule has 27 heavy (non-hydrogen) atoms. The molecule has 0 aromatic heterocycles. The van der Waals surface area contributed by atoms with E-state index in [-0.39, 0.29) is 29.9 Å². The number of hydrogen-bond acceptors (Lipinski definition) is 4. The molecule has 1 aromatic rings. The first-order chi connectivity index (χ1) is 12.7. The molecular formula is C19H31IN4O3. The summed E-state index contributed by atoms with van der Waals surface area (Å²) >= 11 is 0. The van der Waals surface area contributed by atoms with E-state index in [2.05, 4.69) is 15.6 Å². The zero-order chi connectivity index (χ0) is 18.8. The van der Waals surface area contributed by atoms with Crippen molar-refractivity contribution in [2.24, 2.45) is 4.99 Å². The number of nitrogens with zero attached hydrogens (tertiary/aromatic N) is 2. The highest BCUT2D eigenvalue weighted by molar-refractivity contribution is 14.0. The van der Waals surface area contributed by atoms with E-state index < -0.39 is 0 Å². The summed E-state index contributed by atoms with van der Waals surface area (Å²) in [5, 5.41) is 6.45. The predicted molar refractivity (Wildman–Crippen MR) is 120 cm³/mol. The fourth-order valence-electron chi connectivity index (χ4n) is 2.85. The molecule has 2 rings (SSSR count). The number of amides is 1. The van der Waals surface area contributed by atoms with Crippen LogP contribution < -0.4 is 20.1 Å². The normalized spacial score (nSPS) is 13.7. The van der Waals surface area contributed by atoms with Gasteiger partial charge in [-0.2, -0.15) is 0 Å². The third-order valence-electron chi connectivity index (χ3n) is 4.12. The van der Waals surface area contributed by atoms with E-state index in [9.17, 15) is 4.79 Å². The molecule has 0 spiro atoms. The van der Waals surface area contributed by atoms with Gasteiger partial charge in [-0.25, -0.2) is 0 Å². The van der Waals surface area contributed by atoms with Crippen molar-refractivity contribution in [3.8, 4) is 11.5 Å². The summed E-state index contributed by atoms with van der Waals surface area (Å²) in [7, 11) is 1.62. The van der Waals surface area contributed by atoms with Gasteiger partial charge >= 0.3 is 0 Å². The van der Waals surface area contributed by atoms with Gasteiger partial charge in [-0.15, -0.1) is 24.0 Å². The van der Waals surface area contributed by atoms with Crippen LogP contribution in [0.3, 0.4) is 0 Å². The largest absolute Gasteiger partial charge is 0.493 e.